The summed E-state index contributed by atoms with van der Waals surface area (Å²) >= 11 is 1.12. The first-order valence-electron chi connectivity index (χ1n) is 9.37. The monoisotopic (exact) mass is 407 g/mol. The first kappa shape index (κ1) is 17.7. The van der Waals surface area contributed by atoms with Crippen molar-refractivity contribution in [3.63, 3.8) is 0 Å². The lowest BCUT2D eigenvalue weighted by Gasteiger charge is -2.32. The summed E-state index contributed by atoms with van der Waals surface area (Å²) in [7, 11) is 0. The molecule has 4 aromatic rings. The summed E-state index contributed by atoms with van der Waals surface area (Å²) in [5.41, 5.74) is 1.92. The van der Waals surface area contributed by atoms with Gasteiger partial charge in [-0.15, -0.1) is 0 Å². The Labute approximate surface area is 168 Å². The minimum atomic E-state index is -0.403. The molecule has 1 amide bonds. The summed E-state index contributed by atoms with van der Waals surface area (Å²) in [6.07, 6.45) is 1.10. The van der Waals surface area contributed by atoms with Crippen molar-refractivity contribution >= 4 is 39.6 Å². The Hall–Kier alpha value is -3.33. The maximum atomic E-state index is 12.9. The van der Waals surface area contributed by atoms with Crippen LogP contribution in [0.4, 0.5) is 0 Å². The average Bonchev–Trinajstić information content (AvgIpc) is 3.22. The number of carbonyl (C=O) groups is 1. The molecule has 0 bridgehead atoms. The number of hydrogen-bond acceptors (Lipinski definition) is 6. The molecule has 0 atom stereocenters. The van der Waals surface area contributed by atoms with Gasteiger partial charge in [-0.05, 0) is 43.2 Å². The number of para-hydroxylation sites is 1. The largest absolute Gasteiger partial charge is 0.338 e. The molecule has 9 heteroatoms. The van der Waals surface area contributed by atoms with E-state index >= 15 is 0 Å². The number of benzene rings is 2. The molecule has 8 nitrogen and oxygen atoms in total. The van der Waals surface area contributed by atoms with Crippen LogP contribution in [0, 0.1) is 0 Å². The fraction of sp³-hybridized carbons (Fsp3) is 0.250. The molecule has 3 heterocycles. The number of likely N-dealkylation sites (tertiary alicyclic amines) is 1. The minimum absolute atomic E-state index is 0.0712. The predicted molar refractivity (Wildman–Crippen MR) is 110 cm³/mol. The molecule has 0 unspecified atom stereocenters. The van der Waals surface area contributed by atoms with Crippen LogP contribution in [0.2, 0.25) is 0 Å². The van der Waals surface area contributed by atoms with Gasteiger partial charge in [-0.25, -0.2) is 4.79 Å². The molecule has 0 aliphatic carbocycles. The SMILES string of the molecule is O=C(c1ccc2nsnc2c1)N1CCC(n2c(=O)[nH]c3ccccc3c2=O)CC1. The topological polar surface area (TPSA) is 101 Å². The molecule has 1 saturated heterocycles. The molecule has 146 valence electrons. The summed E-state index contributed by atoms with van der Waals surface area (Å²) in [6.45, 7) is 0.963. The molecule has 1 fully saturated rings. The van der Waals surface area contributed by atoms with Gasteiger partial charge < -0.3 is 9.88 Å². The molecular formula is C20H17N5O3S. The number of aromatic amines is 1. The van der Waals surface area contributed by atoms with Crippen molar-refractivity contribution in [2.45, 2.75) is 18.9 Å². The van der Waals surface area contributed by atoms with Crippen molar-refractivity contribution in [1.29, 1.82) is 0 Å². The van der Waals surface area contributed by atoms with Crippen LogP contribution in [-0.2, 0) is 0 Å². The van der Waals surface area contributed by atoms with E-state index < -0.39 is 5.69 Å². The van der Waals surface area contributed by atoms with Crippen LogP contribution in [0.5, 0.6) is 0 Å². The number of fused-ring (bicyclic) bond motifs is 2. The number of carbonyl (C=O) groups excluding carboxylic acids is 1. The Morgan fingerprint density at radius 1 is 1.03 bits per heavy atom. The van der Waals surface area contributed by atoms with E-state index in [1.54, 1.807) is 47.4 Å². The van der Waals surface area contributed by atoms with Crippen molar-refractivity contribution in [3.05, 3.63) is 68.9 Å². The third-order valence-electron chi connectivity index (χ3n) is 5.45. The zero-order chi connectivity index (χ0) is 20.0. The molecule has 29 heavy (non-hydrogen) atoms. The first-order valence-corrected chi connectivity index (χ1v) is 10.1. The molecule has 0 radical (unpaired) electrons. The minimum Gasteiger partial charge on any atom is -0.338 e. The Morgan fingerprint density at radius 2 is 1.79 bits per heavy atom. The van der Waals surface area contributed by atoms with E-state index in [9.17, 15) is 14.4 Å². The molecule has 2 aromatic carbocycles. The molecule has 1 N–H and O–H groups in total. The van der Waals surface area contributed by atoms with E-state index in [-0.39, 0.29) is 17.5 Å². The van der Waals surface area contributed by atoms with Crippen LogP contribution in [0.1, 0.15) is 29.2 Å². The fourth-order valence-electron chi connectivity index (χ4n) is 3.93. The summed E-state index contributed by atoms with van der Waals surface area (Å²) in [5.74, 6) is -0.0712. The fourth-order valence-corrected chi connectivity index (χ4v) is 4.45. The van der Waals surface area contributed by atoms with Crippen molar-refractivity contribution in [3.8, 4) is 0 Å². The third-order valence-corrected chi connectivity index (χ3v) is 6.01. The van der Waals surface area contributed by atoms with Crippen LogP contribution in [0.15, 0.2) is 52.1 Å². The summed E-state index contributed by atoms with van der Waals surface area (Å²) in [6, 6.07) is 12.1. The lowest BCUT2D eigenvalue weighted by atomic mass is 10.0. The first-order chi connectivity index (χ1) is 14.1. The van der Waals surface area contributed by atoms with Crippen molar-refractivity contribution < 1.29 is 4.79 Å². The number of amides is 1. The zero-order valence-corrected chi connectivity index (χ0v) is 16.2. The number of rotatable bonds is 2. The van der Waals surface area contributed by atoms with Gasteiger partial charge in [0.1, 0.15) is 11.0 Å². The lowest BCUT2D eigenvalue weighted by Crippen LogP contribution is -2.45. The normalized spacial score (nSPS) is 15.2. The number of piperidine rings is 1. The predicted octanol–water partition coefficient (Wildman–Crippen LogP) is 2.17. The molecule has 1 aliphatic rings. The number of H-pyrrole nitrogens is 1. The lowest BCUT2D eigenvalue weighted by molar-refractivity contribution is 0.0692. The number of hydrogen-bond donors (Lipinski definition) is 1. The number of nitrogens with one attached hydrogen (secondary N) is 1. The van der Waals surface area contributed by atoms with E-state index in [1.807, 2.05) is 0 Å². The Bertz CT molecular complexity index is 1350. The summed E-state index contributed by atoms with van der Waals surface area (Å²) < 4.78 is 9.64. The average molecular weight is 407 g/mol. The second kappa shape index (κ2) is 6.93. The van der Waals surface area contributed by atoms with E-state index in [2.05, 4.69) is 13.7 Å². The van der Waals surface area contributed by atoms with Gasteiger partial charge >= 0.3 is 5.69 Å². The second-order valence-electron chi connectivity index (χ2n) is 7.14. The van der Waals surface area contributed by atoms with Crippen LogP contribution in [0.3, 0.4) is 0 Å². The Morgan fingerprint density at radius 3 is 2.62 bits per heavy atom. The van der Waals surface area contributed by atoms with Crippen molar-refractivity contribution in [2.75, 3.05) is 13.1 Å². The van der Waals surface area contributed by atoms with E-state index in [0.29, 0.717) is 47.9 Å². The molecule has 5 rings (SSSR count). The van der Waals surface area contributed by atoms with Gasteiger partial charge in [0, 0.05) is 24.7 Å². The highest BCUT2D eigenvalue weighted by atomic mass is 32.1. The van der Waals surface area contributed by atoms with Gasteiger partial charge in [0.2, 0.25) is 0 Å². The van der Waals surface area contributed by atoms with Gasteiger partial charge in [-0.2, -0.15) is 8.75 Å². The number of aromatic nitrogens is 4. The Balaban J connectivity index is 1.38. The quantitative estimate of drug-likeness (QED) is 0.549. The molecule has 0 saturated carbocycles. The van der Waals surface area contributed by atoms with E-state index in [0.717, 1.165) is 17.2 Å². The van der Waals surface area contributed by atoms with Crippen LogP contribution in [-0.4, -0.2) is 42.2 Å². The maximum absolute atomic E-state index is 12.9. The van der Waals surface area contributed by atoms with Gasteiger partial charge in [0.15, 0.2) is 0 Å². The summed E-state index contributed by atoms with van der Waals surface area (Å²) in [4.78, 5) is 42.7. The van der Waals surface area contributed by atoms with Crippen LogP contribution in [0.25, 0.3) is 21.9 Å². The van der Waals surface area contributed by atoms with Gasteiger partial charge in [0.05, 0.1) is 22.6 Å². The zero-order valence-electron chi connectivity index (χ0n) is 15.4. The highest BCUT2D eigenvalue weighted by Crippen LogP contribution is 2.23. The smallest absolute Gasteiger partial charge is 0.329 e. The molecular weight excluding hydrogens is 390 g/mol. The highest BCUT2D eigenvalue weighted by molar-refractivity contribution is 7.00. The van der Waals surface area contributed by atoms with Crippen molar-refractivity contribution in [1.82, 2.24) is 23.2 Å². The summed E-state index contributed by atoms with van der Waals surface area (Å²) in [5, 5.41) is 0.496. The second-order valence-corrected chi connectivity index (χ2v) is 7.67. The Kier molecular flexibility index (Phi) is 4.24. The molecule has 2 aromatic heterocycles. The van der Waals surface area contributed by atoms with E-state index in [1.165, 1.54) is 4.57 Å². The van der Waals surface area contributed by atoms with Gasteiger partial charge in [0.25, 0.3) is 11.5 Å². The standard InChI is InChI=1S/C20H17N5O3S/c26-18(12-5-6-16-17(11-12)23-29-22-16)24-9-7-13(8-10-24)25-19(27)14-3-1-2-4-15(14)21-20(25)28/h1-6,11,13H,7-10H2,(H,21,28). The number of nitrogens with zero attached hydrogens (tertiary/aromatic N) is 4. The van der Waals surface area contributed by atoms with E-state index in [4.69, 9.17) is 0 Å². The molecule has 1 aliphatic heterocycles. The highest BCUT2D eigenvalue weighted by Gasteiger charge is 2.27. The maximum Gasteiger partial charge on any atom is 0.329 e. The van der Waals surface area contributed by atoms with Crippen molar-refractivity contribution in [2.24, 2.45) is 0 Å². The van der Waals surface area contributed by atoms with Crippen LogP contribution >= 0.6 is 11.7 Å². The van der Waals surface area contributed by atoms with Gasteiger partial charge in [-0.3, -0.25) is 14.2 Å². The van der Waals surface area contributed by atoms with Gasteiger partial charge in [-0.1, -0.05) is 12.1 Å². The molecule has 0 spiro atoms. The third kappa shape index (κ3) is 3.03. The van der Waals surface area contributed by atoms with Crippen LogP contribution < -0.4 is 11.2 Å².